The summed E-state index contributed by atoms with van der Waals surface area (Å²) < 4.78 is 19.5. The Kier molecular flexibility index (Phi) is 13.2. The molecule has 4 N–H and O–H groups in total. The summed E-state index contributed by atoms with van der Waals surface area (Å²) >= 11 is 0. The molecule has 0 heterocycles. The van der Waals surface area contributed by atoms with Gasteiger partial charge >= 0.3 is 29.9 Å². The van der Waals surface area contributed by atoms with E-state index < -0.39 is 85.7 Å². The van der Waals surface area contributed by atoms with Gasteiger partial charge in [0, 0.05) is 28.2 Å². The van der Waals surface area contributed by atoms with Gasteiger partial charge in [0.05, 0.1) is 26.4 Å². The van der Waals surface area contributed by atoms with Gasteiger partial charge in [-0.25, -0.2) is 19.2 Å². The second kappa shape index (κ2) is 14.7. The van der Waals surface area contributed by atoms with Crippen LogP contribution in [0.1, 0.15) is 20.8 Å². The highest BCUT2D eigenvalue weighted by Gasteiger charge is 2.53. The molecule has 0 aliphatic carbocycles. The number of ether oxygens (including phenoxy) is 4. The fourth-order valence-electron chi connectivity index (χ4n) is 2.23. The Labute approximate surface area is 206 Å². The third-order valence-electron chi connectivity index (χ3n) is 4.23. The van der Waals surface area contributed by atoms with E-state index in [4.69, 9.17) is 18.9 Å². The molecule has 0 aromatic carbocycles. The van der Waals surface area contributed by atoms with Gasteiger partial charge in [-0.15, -0.1) is 0 Å². The van der Waals surface area contributed by atoms with Crippen molar-refractivity contribution in [3.05, 3.63) is 47.6 Å². The Hall–Kier alpha value is -3.65. The summed E-state index contributed by atoms with van der Waals surface area (Å²) in [6, 6.07) is 0. The largest absolute Gasteiger partial charge is 0.493 e. The van der Waals surface area contributed by atoms with E-state index in [1.807, 2.05) is 0 Å². The number of hydrogen-bond donors (Lipinski definition) is 4. The summed E-state index contributed by atoms with van der Waals surface area (Å²) in [6.07, 6.45) is 0. The quantitative estimate of drug-likeness (QED) is 0.118. The van der Waals surface area contributed by atoms with Gasteiger partial charge in [-0.2, -0.15) is 0 Å². The zero-order chi connectivity index (χ0) is 28.2. The van der Waals surface area contributed by atoms with Crippen LogP contribution >= 0.6 is 0 Å². The minimum Gasteiger partial charge on any atom is -0.454 e. The van der Waals surface area contributed by atoms with Crippen LogP contribution in [-0.4, -0.2) is 89.1 Å². The number of carbonyl (C=O) groups excluding carboxylic acids is 5. The van der Waals surface area contributed by atoms with Crippen LogP contribution in [0.25, 0.3) is 0 Å². The number of carbonyl (C=O) groups is 5. The maximum atomic E-state index is 13.1. The highest BCUT2D eigenvalue weighted by atomic mass is 16.9. The minimum absolute atomic E-state index is 0.127. The van der Waals surface area contributed by atoms with Gasteiger partial charge in [0.25, 0.3) is 5.78 Å². The van der Waals surface area contributed by atoms with E-state index in [9.17, 15) is 44.4 Å². The van der Waals surface area contributed by atoms with E-state index in [2.05, 4.69) is 19.7 Å². The molecule has 0 unspecified atom stereocenters. The van der Waals surface area contributed by atoms with Crippen LogP contribution < -0.4 is 0 Å². The summed E-state index contributed by atoms with van der Waals surface area (Å²) in [4.78, 5) is 62.6. The molecule has 0 spiro atoms. The van der Waals surface area contributed by atoms with Gasteiger partial charge in [0.1, 0.15) is 0 Å². The summed E-state index contributed by atoms with van der Waals surface area (Å²) in [6.45, 7) is 8.56. The molecule has 13 nitrogen and oxygen atoms in total. The maximum absolute atomic E-state index is 13.1. The lowest BCUT2D eigenvalue weighted by Crippen LogP contribution is -2.53. The topological polar surface area (TPSA) is 203 Å². The van der Waals surface area contributed by atoms with Crippen molar-refractivity contribution >= 4 is 29.7 Å². The Balaban J connectivity index is 6.88. The van der Waals surface area contributed by atoms with Crippen LogP contribution in [0.2, 0.25) is 0 Å². The van der Waals surface area contributed by atoms with Gasteiger partial charge < -0.3 is 39.4 Å². The van der Waals surface area contributed by atoms with Crippen LogP contribution in [0.5, 0.6) is 0 Å². The molecule has 0 aromatic heterocycles. The zero-order valence-electron chi connectivity index (χ0n) is 20.2. The molecule has 0 atom stereocenters. The molecule has 0 radical (unpaired) electrons. The second-order valence-electron chi connectivity index (χ2n) is 7.46. The van der Waals surface area contributed by atoms with E-state index >= 15 is 0 Å². The number of aliphatic hydroxyl groups excluding tert-OH is 4. The van der Waals surface area contributed by atoms with Crippen LogP contribution in [0.4, 0.5) is 0 Å². The Morgan fingerprint density at radius 3 is 1.42 bits per heavy atom. The number of aliphatic hydroxyl groups is 4. The molecular weight excluding hydrogens is 484 g/mol. The average Bonchev–Trinajstić information content (AvgIpc) is 2.81. The van der Waals surface area contributed by atoms with Crippen molar-refractivity contribution in [3.63, 3.8) is 0 Å². The molecule has 13 heteroatoms. The molecule has 0 amide bonds. The van der Waals surface area contributed by atoms with Crippen LogP contribution in [-0.2, 0) is 42.9 Å². The molecular formula is C23H30O13. The third-order valence-corrected chi connectivity index (χ3v) is 4.23. The normalized spacial score (nSPS) is 10.7. The Morgan fingerprint density at radius 2 is 1.08 bits per heavy atom. The number of ketones is 1. The zero-order valence-corrected chi connectivity index (χ0v) is 20.2. The predicted octanol–water partition coefficient (Wildman–Crippen LogP) is -1.01. The molecule has 0 saturated heterocycles. The first-order valence-electron chi connectivity index (χ1n) is 10.2. The van der Waals surface area contributed by atoms with Crippen LogP contribution in [0.3, 0.4) is 0 Å². The predicted molar refractivity (Wildman–Crippen MR) is 120 cm³/mol. The van der Waals surface area contributed by atoms with E-state index in [0.717, 1.165) is 13.8 Å². The molecule has 0 fully saturated rings. The van der Waals surface area contributed by atoms with E-state index in [1.54, 1.807) is 0 Å². The first kappa shape index (κ1) is 32.4. The summed E-state index contributed by atoms with van der Waals surface area (Å²) in [5, 5.41) is 38.1. The van der Waals surface area contributed by atoms with Crippen molar-refractivity contribution in [2.75, 3.05) is 33.0 Å². The minimum atomic E-state index is -3.52. The Bertz CT molecular complexity index is 919. The summed E-state index contributed by atoms with van der Waals surface area (Å²) in [5.74, 6) is -12.0. The van der Waals surface area contributed by atoms with Gasteiger partial charge in [-0.3, -0.25) is 4.79 Å². The van der Waals surface area contributed by atoms with Crippen molar-refractivity contribution in [1.29, 1.82) is 0 Å². The SMILES string of the molecule is C=C(C)C(=O)OCC(=O)C(OC(=O)C(=C)C)(OC(=O)C(=C)C)OC(=O)C(=C(CO)CO)C(CO)CO. The van der Waals surface area contributed by atoms with E-state index in [1.165, 1.54) is 6.92 Å². The first-order valence-corrected chi connectivity index (χ1v) is 10.2. The van der Waals surface area contributed by atoms with Gasteiger partial charge in [0.15, 0.2) is 6.61 Å². The molecule has 200 valence electrons. The highest BCUT2D eigenvalue weighted by Crippen LogP contribution is 2.26. The maximum Gasteiger partial charge on any atom is 0.493 e. The average molecular weight is 514 g/mol. The summed E-state index contributed by atoms with van der Waals surface area (Å²) in [7, 11) is 0. The first-order chi connectivity index (χ1) is 16.7. The number of rotatable bonds is 15. The molecule has 0 aromatic rings. The lowest BCUT2D eigenvalue weighted by Gasteiger charge is -2.31. The monoisotopic (exact) mass is 514 g/mol. The standard InChI is InChI=1S/C23H30O13/c1-12(2)19(29)33-11-17(28)23(34-20(30)13(3)4,35-21(31)14(5)6)36-22(32)18(15(7-24)8-25)16(9-26)10-27/h15,24-27H,1,3,5,7-11H2,2,4,6H3. The van der Waals surface area contributed by atoms with Crippen molar-refractivity contribution in [3.8, 4) is 0 Å². The van der Waals surface area contributed by atoms with Crippen LogP contribution in [0, 0.1) is 5.92 Å². The number of esters is 4. The van der Waals surface area contributed by atoms with Crippen LogP contribution in [0.15, 0.2) is 47.6 Å². The van der Waals surface area contributed by atoms with Crippen molar-refractivity contribution in [2.45, 2.75) is 26.7 Å². The lowest BCUT2D eigenvalue weighted by atomic mass is 9.95. The molecule has 0 rings (SSSR count). The second-order valence-corrected chi connectivity index (χ2v) is 7.46. The van der Waals surface area contributed by atoms with Gasteiger partial charge in [-0.1, -0.05) is 19.7 Å². The van der Waals surface area contributed by atoms with Crippen molar-refractivity contribution < 1.29 is 63.3 Å². The fraction of sp³-hybridized carbons (Fsp3) is 0.435. The molecule has 0 saturated carbocycles. The molecule has 0 bridgehead atoms. The smallest absolute Gasteiger partial charge is 0.454 e. The summed E-state index contributed by atoms with van der Waals surface area (Å²) in [5.41, 5.74) is -1.95. The van der Waals surface area contributed by atoms with E-state index in [-0.39, 0.29) is 16.7 Å². The van der Waals surface area contributed by atoms with Crippen molar-refractivity contribution in [2.24, 2.45) is 5.92 Å². The highest BCUT2D eigenvalue weighted by molar-refractivity contribution is 5.99. The number of hydrogen-bond acceptors (Lipinski definition) is 13. The molecule has 0 aliphatic rings. The van der Waals surface area contributed by atoms with Gasteiger partial charge in [0.2, 0.25) is 0 Å². The third kappa shape index (κ3) is 8.85. The van der Waals surface area contributed by atoms with E-state index in [0.29, 0.717) is 0 Å². The fourth-order valence-corrected chi connectivity index (χ4v) is 2.23. The lowest BCUT2D eigenvalue weighted by molar-refractivity contribution is -0.307. The number of Topliss-reactive ketones (excluding diaryl/α,β-unsaturated/α-hetero) is 1. The molecule has 0 aliphatic heterocycles. The Morgan fingerprint density at radius 1 is 0.694 bits per heavy atom. The molecule has 36 heavy (non-hydrogen) atoms. The van der Waals surface area contributed by atoms with Crippen molar-refractivity contribution in [1.82, 2.24) is 0 Å². The van der Waals surface area contributed by atoms with Gasteiger partial charge in [-0.05, 0) is 26.3 Å².